The summed E-state index contributed by atoms with van der Waals surface area (Å²) in [5.74, 6) is -0.887. The Hall–Kier alpha value is -3.17. The molecule has 2 aromatic rings. The van der Waals surface area contributed by atoms with Gasteiger partial charge in [0, 0.05) is 18.8 Å². The first kappa shape index (κ1) is 18.2. The van der Waals surface area contributed by atoms with E-state index in [9.17, 15) is 28.1 Å². The summed E-state index contributed by atoms with van der Waals surface area (Å²) in [4.78, 5) is 25.6. The standard InChI is InChI=1S/C15H12F3N3O4/c1-25-14(22)10-6-12(21(23)24)13(20-8-10)19-7-9-2-4-11(5-3-9)15(16,17)18/h2-6,8H,7H2,1H3,(H,19,20). The first-order valence-electron chi connectivity index (χ1n) is 6.85. The molecule has 0 bridgehead atoms. The predicted octanol–water partition coefficient (Wildman–Crippen LogP) is 3.41. The van der Waals surface area contributed by atoms with Crippen LogP contribution in [-0.2, 0) is 17.5 Å². The molecule has 1 N–H and O–H groups in total. The average molecular weight is 355 g/mol. The highest BCUT2D eigenvalue weighted by atomic mass is 19.4. The minimum atomic E-state index is -4.43. The van der Waals surface area contributed by atoms with Gasteiger partial charge in [0.15, 0.2) is 0 Å². The van der Waals surface area contributed by atoms with E-state index in [1.165, 1.54) is 12.1 Å². The van der Waals surface area contributed by atoms with Crippen molar-refractivity contribution >= 4 is 17.5 Å². The lowest BCUT2D eigenvalue weighted by atomic mass is 10.1. The number of halogens is 3. The van der Waals surface area contributed by atoms with Crippen LogP contribution in [0.15, 0.2) is 36.5 Å². The Bertz CT molecular complexity index is 792. The number of nitrogens with one attached hydrogen (secondary N) is 1. The van der Waals surface area contributed by atoms with E-state index < -0.39 is 28.3 Å². The third-order valence-electron chi connectivity index (χ3n) is 3.23. The quantitative estimate of drug-likeness (QED) is 0.502. The number of nitrogens with zero attached hydrogens (tertiary/aromatic N) is 2. The van der Waals surface area contributed by atoms with Gasteiger partial charge in [-0.05, 0) is 17.7 Å². The number of ether oxygens (including phenoxy) is 1. The number of methoxy groups -OCH3 is 1. The molecule has 7 nitrogen and oxygen atoms in total. The van der Waals surface area contributed by atoms with E-state index in [0.717, 1.165) is 31.5 Å². The molecule has 1 aromatic carbocycles. The van der Waals surface area contributed by atoms with E-state index in [0.29, 0.717) is 5.56 Å². The van der Waals surface area contributed by atoms with Gasteiger partial charge < -0.3 is 10.1 Å². The highest BCUT2D eigenvalue weighted by molar-refractivity contribution is 5.90. The van der Waals surface area contributed by atoms with E-state index >= 15 is 0 Å². The summed E-state index contributed by atoms with van der Waals surface area (Å²) in [6.45, 7) is 0.0174. The number of esters is 1. The minimum Gasteiger partial charge on any atom is -0.465 e. The molecule has 0 radical (unpaired) electrons. The maximum atomic E-state index is 12.5. The van der Waals surface area contributed by atoms with E-state index in [-0.39, 0.29) is 17.9 Å². The van der Waals surface area contributed by atoms with E-state index in [1.807, 2.05) is 0 Å². The fourth-order valence-electron chi connectivity index (χ4n) is 1.96. The topological polar surface area (TPSA) is 94.4 Å². The Kier molecular flexibility index (Phi) is 5.20. The minimum absolute atomic E-state index is 0.0174. The molecule has 0 spiro atoms. The molecule has 1 heterocycles. The number of carbonyl (C=O) groups excluding carboxylic acids is 1. The van der Waals surface area contributed by atoms with Crippen molar-refractivity contribution < 1.29 is 27.6 Å². The molecule has 0 saturated heterocycles. The van der Waals surface area contributed by atoms with Crippen molar-refractivity contribution in [2.24, 2.45) is 0 Å². The molecule has 0 atom stereocenters. The number of hydrogen-bond acceptors (Lipinski definition) is 6. The van der Waals surface area contributed by atoms with Crippen LogP contribution in [0.3, 0.4) is 0 Å². The maximum absolute atomic E-state index is 12.5. The zero-order chi connectivity index (χ0) is 18.6. The number of rotatable bonds is 5. The van der Waals surface area contributed by atoms with Gasteiger partial charge in [-0.3, -0.25) is 10.1 Å². The summed E-state index contributed by atoms with van der Waals surface area (Å²) in [5.41, 5.74) is -0.854. The Morgan fingerprint density at radius 1 is 1.32 bits per heavy atom. The molecule has 0 aliphatic heterocycles. The second-order valence-corrected chi connectivity index (χ2v) is 4.89. The van der Waals surface area contributed by atoms with Crippen LogP contribution in [-0.4, -0.2) is 23.0 Å². The average Bonchev–Trinajstić information content (AvgIpc) is 2.58. The van der Waals surface area contributed by atoms with Gasteiger partial charge in [0.05, 0.1) is 23.2 Å². The zero-order valence-electron chi connectivity index (χ0n) is 12.8. The maximum Gasteiger partial charge on any atom is 0.416 e. The molecule has 132 valence electrons. The van der Waals surface area contributed by atoms with E-state index in [1.54, 1.807) is 0 Å². The number of aromatic nitrogens is 1. The summed E-state index contributed by atoms with van der Waals surface area (Å²) in [7, 11) is 1.13. The lowest BCUT2D eigenvalue weighted by Crippen LogP contribution is -2.09. The summed E-state index contributed by atoms with van der Waals surface area (Å²) in [6.07, 6.45) is -3.33. The van der Waals surface area contributed by atoms with E-state index in [4.69, 9.17) is 0 Å². The van der Waals surface area contributed by atoms with Crippen LogP contribution in [0.4, 0.5) is 24.7 Å². The zero-order valence-corrected chi connectivity index (χ0v) is 12.8. The van der Waals surface area contributed by atoms with Crippen LogP contribution in [0, 0.1) is 10.1 Å². The lowest BCUT2D eigenvalue weighted by molar-refractivity contribution is -0.384. The van der Waals surface area contributed by atoms with Crippen molar-refractivity contribution in [2.75, 3.05) is 12.4 Å². The molecule has 10 heteroatoms. The Morgan fingerprint density at radius 2 is 1.96 bits per heavy atom. The van der Waals surface area contributed by atoms with E-state index in [2.05, 4.69) is 15.0 Å². The first-order valence-corrected chi connectivity index (χ1v) is 6.85. The van der Waals surface area contributed by atoms with Crippen molar-refractivity contribution in [1.82, 2.24) is 4.98 Å². The van der Waals surface area contributed by atoms with Crippen LogP contribution < -0.4 is 5.32 Å². The van der Waals surface area contributed by atoms with Gasteiger partial charge in [0.25, 0.3) is 0 Å². The van der Waals surface area contributed by atoms with Gasteiger partial charge in [-0.1, -0.05) is 12.1 Å². The molecule has 25 heavy (non-hydrogen) atoms. The summed E-state index contributed by atoms with van der Waals surface area (Å²) >= 11 is 0. The van der Waals surface area contributed by atoms with Crippen molar-refractivity contribution in [3.63, 3.8) is 0 Å². The van der Waals surface area contributed by atoms with Crippen LogP contribution in [0.25, 0.3) is 0 Å². The molecule has 0 fully saturated rings. The number of nitro groups is 1. The van der Waals surface area contributed by atoms with Crippen LogP contribution in [0.2, 0.25) is 0 Å². The Morgan fingerprint density at radius 3 is 2.48 bits per heavy atom. The van der Waals surface area contributed by atoms with Crippen LogP contribution in [0.1, 0.15) is 21.5 Å². The fraction of sp³-hybridized carbons (Fsp3) is 0.200. The Labute approximate surface area is 139 Å². The van der Waals surface area contributed by atoms with Gasteiger partial charge in [-0.15, -0.1) is 0 Å². The van der Waals surface area contributed by atoms with Gasteiger partial charge in [-0.2, -0.15) is 13.2 Å². The monoisotopic (exact) mass is 355 g/mol. The van der Waals surface area contributed by atoms with Gasteiger partial charge in [0.2, 0.25) is 5.82 Å². The highest BCUT2D eigenvalue weighted by Crippen LogP contribution is 2.29. The van der Waals surface area contributed by atoms with Crippen molar-refractivity contribution in [1.29, 1.82) is 0 Å². The van der Waals surface area contributed by atoms with Gasteiger partial charge in [-0.25, -0.2) is 9.78 Å². The summed E-state index contributed by atoms with van der Waals surface area (Å²) < 4.78 is 42.0. The molecule has 0 aliphatic carbocycles. The van der Waals surface area contributed by atoms with Crippen molar-refractivity contribution in [2.45, 2.75) is 12.7 Å². The fourth-order valence-corrected chi connectivity index (χ4v) is 1.96. The molecule has 0 unspecified atom stereocenters. The largest absolute Gasteiger partial charge is 0.465 e. The number of alkyl halides is 3. The number of carbonyl (C=O) groups is 1. The molecule has 2 rings (SSSR count). The normalized spacial score (nSPS) is 11.0. The molecule has 0 aliphatic rings. The molecule has 0 saturated carbocycles. The number of benzene rings is 1. The van der Waals surface area contributed by atoms with Crippen LogP contribution in [0.5, 0.6) is 0 Å². The number of anilines is 1. The third kappa shape index (κ3) is 4.43. The predicted molar refractivity (Wildman–Crippen MR) is 81.0 cm³/mol. The van der Waals surface area contributed by atoms with Crippen molar-refractivity contribution in [3.8, 4) is 0 Å². The summed E-state index contributed by atoms with van der Waals surface area (Å²) in [5, 5.41) is 13.8. The summed E-state index contributed by atoms with van der Waals surface area (Å²) in [6, 6.07) is 5.35. The smallest absolute Gasteiger partial charge is 0.416 e. The first-order chi connectivity index (χ1) is 11.7. The highest BCUT2D eigenvalue weighted by Gasteiger charge is 2.29. The third-order valence-corrected chi connectivity index (χ3v) is 3.23. The molecule has 0 amide bonds. The Balaban J connectivity index is 2.17. The van der Waals surface area contributed by atoms with Crippen LogP contribution >= 0.6 is 0 Å². The second-order valence-electron chi connectivity index (χ2n) is 4.89. The number of pyridine rings is 1. The second kappa shape index (κ2) is 7.16. The SMILES string of the molecule is COC(=O)c1cnc(NCc2ccc(C(F)(F)F)cc2)c([N+](=O)[O-])c1. The molecular weight excluding hydrogens is 343 g/mol. The molecule has 1 aromatic heterocycles. The van der Waals surface area contributed by atoms with Gasteiger partial charge in [0.1, 0.15) is 0 Å². The number of hydrogen-bond donors (Lipinski definition) is 1. The van der Waals surface area contributed by atoms with Gasteiger partial charge >= 0.3 is 17.8 Å². The van der Waals surface area contributed by atoms with Crippen molar-refractivity contribution in [3.05, 3.63) is 63.3 Å². The molecular formula is C15H12F3N3O4. The lowest BCUT2D eigenvalue weighted by Gasteiger charge is -2.09.